The van der Waals surface area contributed by atoms with Crippen LogP contribution in [-0.4, -0.2) is 19.6 Å². The molecule has 0 spiro atoms. The quantitative estimate of drug-likeness (QED) is 0.540. The largest absolute Gasteiger partial charge is 0.433 e. The highest BCUT2D eigenvalue weighted by atomic mass is 19.4. The van der Waals surface area contributed by atoms with Crippen LogP contribution in [0.2, 0.25) is 0 Å². The molecular weight excluding hydrogens is 329 g/mol. The van der Waals surface area contributed by atoms with Crippen molar-refractivity contribution in [3.63, 3.8) is 0 Å². The fourth-order valence-corrected chi connectivity index (χ4v) is 2.62. The Hall–Kier alpha value is -3.22. The fourth-order valence-electron chi connectivity index (χ4n) is 2.62. The van der Waals surface area contributed by atoms with E-state index in [0.29, 0.717) is 11.3 Å². The van der Waals surface area contributed by atoms with Crippen molar-refractivity contribution in [2.24, 2.45) is 0 Å². The van der Waals surface area contributed by atoms with Crippen molar-refractivity contribution in [3.8, 4) is 22.4 Å². The van der Waals surface area contributed by atoms with Gasteiger partial charge < -0.3 is 0 Å². The van der Waals surface area contributed by atoms with Crippen molar-refractivity contribution < 1.29 is 13.2 Å². The van der Waals surface area contributed by atoms with Gasteiger partial charge in [-0.1, -0.05) is 30.3 Å². The van der Waals surface area contributed by atoms with Crippen LogP contribution in [0.1, 0.15) is 5.69 Å². The second-order valence-electron chi connectivity index (χ2n) is 5.46. The van der Waals surface area contributed by atoms with Crippen molar-refractivity contribution in [1.29, 1.82) is 0 Å². The van der Waals surface area contributed by atoms with E-state index >= 15 is 0 Å². The minimum atomic E-state index is -4.51. The summed E-state index contributed by atoms with van der Waals surface area (Å²) >= 11 is 0. The summed E-state index contributed by atoms with van der Waals surface area (Å²) in [6, 6.07) is 13.9. The van der Waals surface area contributed by atoms with Crippen LogP contribution in [0.3, 0.4) is 0 Å². The Morgan fingerprint density at radius 3 is 2.36 bits per heavy atom. The van der Waals surface area contributed by atoms with Gasteiger partial charge in [0.25, 0.3) is 0 Å². The van der Waals surface area contributed by atoms with E-state index in [1.54, 1.807) is 12.4 Å². The van der Waals surface area contributed by atoms with Gasteiger partial charge in [0.05, 0.1) is 5.69 Å². The summed E-state index contributed by atoms with van der Waals surface area (Å²) in [5.74, 6) is 0. The predicted molar refractivity (Wildman–Crippen MR) is 86.7 cm³/mol. The maximum Gasteiger partial charge on any atom is 0.433 e. The van der Waals surface area contributed by atoms with E-state index in [4.69, 9.17) is 0 Å². The topological polar surface area (TPSA) is 43.1 Å². The number of benzene rings is 1. The van der Waals surface area contributed by atoms with Gasteiger partial charge in [-0.15, -0.1) is 0 Å². The van der Waals surface area contributed by atoms with Gasteiger partial charge in [-0.25, -0.2) is 9.50 Å². The normalized spacial score (nSPS) is 11.8. The Labute approximate surface area is 140 Å². The summed E-state index contributed by atoms with van der Waals surface area (Å²) < 4.78 is 40.2. The Morgan fingerprint density at radius 1 is 0.840 bits per heavy atom. The molecule has 124 valence electrons. The molecule has 4 nitrogen and oxygen atoms in total. The molecule has 0 atom stereocenters. The summed E-state index contributed by atoms with van der Waals surface area (Å²) in [5, 5.41) is 4.08. The van der Waals surface area contributed by atoms with E-state index < -0.39 is 11.9 Å². The third kappa shape index (κ3) is 2.84. The molecule has 0 radical (unpaired) electrons. The van der Waals surface area contributed by atoms with Crippen molar-refractivity contribution >= 4 is 5.65 Å². The lowest BCUT2D eigenvalue weighted by atomic mass is 10.1. The number of nitrogens with zero attached hydrogens (tertiary/aromatic N) is 4. The molecule has 3 aromatic heterocycles. The summed E-state index contributed by atoms with van der Waals surface area (Å²) in [6.45, 7) is 0. The number of rotatable bonds is 2. The fraction of sp³-hybridized carbons (Fsp3) is 0.0556. The minimum absolute atomic E-state index is 0.134. The van der Waals surface area contributed by atoms with Gasteiger partial charge in [0.15, 0.2) is 5.65 Å². The molecule has 0 unspecified atom stereocenters. The van der Waals surface area contributed by atoms with Gasteiger partial charge in [0.1, 0.15) is 5.69 Å². The summed E-state index contributed by atoms with van der Waals surface area (Å²) in [4.78, 5) is 8.15. The molecule has 0 aliphatic rings. The summed E-state index contributed by atoms with van der Waals surface area (Å²) in [5.41, 5.74) is 2.11. The van der Waals surface area contributed by atoms with Crippen molar-refractivity contribution in [2.45, 2.75) is 6.18 Å². The Morgan fingerprint density at radius 2 is 1.60 bits per heavy atom. The molecule has 0 fully saturated rings. The lowest BCUT2D eigenvalue weighted by Gasteiger charge is -2.07. The highest BCUT2D eigenvalue weighted by molar-refractivity contribution is 5.71. The van der Waals surface area contributed by atoms with Crippen molar-refractivity contribution in [2.75, 3.05) is 0 Å². The third-order valence-corrected chi connectivity index (χ3v) is 3.79. The summed E-state index contributed by atoms with van der Waals surface area (Å²) in [6.07, 6.45) is -0.105. The zero-order chi connectivity index (χ0) is 17.4. The van der Waals surface area contributed by atoms with E-state index in [1.807, 2.05) is 36.4 Å². The number of pyridine rings is 1. The molecule has 4 rings (SSSR count). The van der Waals surface area contributed by atoms with Crippen molar-refractivity contribution in [1.82, 2.24) is 19.6 Å². The number of fused-ring (bicyclic) bond motifs is 1. The molecular formula is C18H11F3N4. The molecule has 0 aliphatic heterocycles. The van der Waals surface area contributed by atoms with Crippen LogP contribution < -0.4 is 0 Å². The highest BCUT2D eigenvalue weighted by Gasteiger charge is 2.34. The SMILES string of the molecule is FC(F)(F)c1ccnc2cc(-c3cncc(-c4ccccc4)c3)nn12. The monoisotopic (exact) mass is 340 g/mol. The molecule has 7 heteroatoms. The average molecular weight is 340 g/mol. The molecule has 0 aliphatic carbocycles. The van der Waals surface area contributed by atoms with E-state index in [9.17, 15) is 13.2 Å². The van der Waals surface area contributed by atoms with E-state index in [0.717, 1.165) is 27.9 Å². The number of aromatic nitrogens is 4. The second-order valence-corrected chi connectivity index (χ2v) is 5.46. The van der Waals surface area contributed by atoms with E-state index in [-0.39, 0.29) is 5.65 Å². The maximum absolute atomic E-state index is 13.1. The van der Waals surface area contributed by atoms with Crippen LogP contribution in [0.15, 0.2) is 67.1 Å². The average Bonchev–Trinajstić information content (AvgIpc) is 3.06. The van der Waals surface area contributed by atoms with Gasteiger partial charge in [-0.2, -0.15) is 18.3 Å². The van der Waals surface area contributed by atoms with Crippen LogP contribution in [0, 0.1) is 0 Å². The Balaban J connectivity index is 1.83. The molecule has 0 saturated heterocycles. The van der Waals surface area contributed by atoms with Gasteiger partial charge in [0.2, 0.25) is 0 Å². The minimum Gasteiger partial charge on any atom is -0.263 e. The van der Waals surface area contributed by atoms with Gasteiger partial charge in [-0.05, 0) is 17.7 Å². The predicted octanol–water partition coefficient (Wildman–Crippen LogP) is 4.48. The standard InChI is InChI=1S/C18H11F3N4/c19-18(20,21)16-6-7-23-17-9-15(24-25(16)17)14-8-13(10-22-11-14)12-4-2-1-3-5-12/h1-11H. The Bertz CT molecular complexity index is 1040. The lowest BCUT2D eigenvalue weighted by Crippen LogP contribution is -2.12. The zero-order valence-corrected chi connectivity index (χ0v) is 12.8. The first-order chi connectivity index (χ1) is 12.0. The second kappa shape index (κ2) is 5.70. The molecule has 25 heavy (non-hydrogen) atoms. The van der Waals surface area contributed by atoms with E-state index in [1.165, 1.54) is 6.07 Å². The number of halogens is 3. The van der Waals surface area contributed by atoms with Gasteiger partial charge in [-0.3, -0.25) is 4.98 Å². The molecule has 3 heterocycles. The first-order valence-corrected chi connectivity index (χ1v) is 7.45. The molecule has 0 saturated carbocycles. The van der Waals surface area contributed by atoms with E-state index in [2.05, 4.69) is 15.1 Å². The highest BCUT2D eigenvalue weighted by Crippen LogP contribution is 2.30. The van der Waals surface area contributed by atoms with Crippen LogP contribution in [0.5, 0.6) is 0 Å². The first kappa shape index (κ1) is 15.3. The molecule has 4 aromatic rings. The van der Waals surface area contributed by atoms with Crippen LogP contribution in [0.25, 0.3) is 28.0 Å². The van der Waals surface area contributed by atoms with Crippen LogP contribution >= 0.6 is 0 Å². The van der Waals surface area contributed by atoms with Crippen LogP contribution in [-0.2, 0) is 6.18 Å². The number of hydrogen-bond donors (Lipinski definition) is 0. The molecule has 1 aromatic carbocycles. The zero-order valence-electron chi connectivity index (χ0n) is 12.8. The van der Waals surface area contributed by atoms with Gasteiger partial charge in [0, 0.05) is 35.8 Å². The maximum atomic E-state index is 13.1. The van der Waals surface area contributed by atoms with Gasteiger partial charge >= 0.3 is 6.18 Å². The first-order valence-electron chi connectivity index (χ1n) is 7.45. The number of hydrogen-bond acceptors (Lipinski definition) is 3. The molecule has 0 N–H and O–H groups in total. The smallest absolute Gasteiger partial charge is 0.263 e. The molecule has 0 bridgehead atoms. The third-order valence-electron chi connectivity index (χ3n) is 3.79. The van der Waals surface area contributed by atoms with Crippen molar-refractivity contribution in [3.05, 3.63) is 72.8 Å². The number of alkyl halides is 3. The molecule has 0 amide bonds. The summed E-state index contributed by atoms with van der Waals surface area (Å²) in [7, 11) is 0. The van der Waals surface area contributed by atoms with Crippen LogP contribution in [0.4, 0.5) is 13.2 Å². The Kier molecular flexibility index (Phi) is 3.49. The lowest BCUT2D eigenvalue weighted by molar-refractivity contribution is -0.142.